The number of carbonyl (C=O) groups is 1. The summed E-state index contributed by atoms with van der Waals surface area (Å²) in [5, 5.41) is 7.43. The molecule has 39 heavy (non-hydrogen) atoms. The summed E-state index contributed by atoms with van der Waals surface area (Å²) < 4.78 is 2.17. The Labute approximate surface area is 239 Å². The predicted molar refractivity (Wildman–Crippen MR) is 161 cm³/mol. The molecule has 4 aromatic rings. The molecule has 1 aliphatic rings. The topological polar surface area (TPSA) is 75.1 Å². The van der Waals surface area contributed by atoms with Gasteiger partial charge in [0.2, 0.25) is 5.91 Å². The van der Waals surface area contributed by atoms with Gasteiger partial charge in [-0.15, -0.1) is 0 Å². The van der Waals surface area contributed by atoms with Crippen molar-refractivity contribution in [1.29, 1.82) is 0 Å². The highest BCUT2D eigenvalue weighted by molar-refractivity contribution is 7.80. The second-order valence-electron chi connectivity index (χ2n) is 10.2. The van der Waals surface area contributed by atoms with Crippen LogP contribution in [0.15, 0.2) is 67.0 Å². The number of amides is 1. The van der Waals surface area contributed by atoms with E-state index >= 15 is 0 Å². The fraction of sp³-hybridized carbons (Fsp3) is 0.267. The van der Waals surface area contributed by atoms with Crippen LogP contribution in [0.1, 0.15) is 54.1 Å². The van der Waals surface area contributed by atoms with Crippen LogP contribution in [0.25, 0.3) is 5.82 Å². The van der Waals surface area contributed by atoms with E-state index in [2.05, 4.69) is 56.0 Å². The number of thiocarbonyl (C=S) groups is 1. The summed E-state index contributed by atoms with van der Waals surface area (Å²) in [7, 11) is 0. The van der Waals surface area contributed by atoms with Gasteiger partial charge in [-0.05, 0) is 86.6 Å². The Bertz CT molecular complexity index is 1530. The van der Waals surface area contributed by atoms with Crippen LogP contribution in [0.3, 0.4) is 0 Å². The fourth-order valence-corrected chi connectivity index (χ4v) is 5.58. The largest absolute Gasteiger partial charge is 0.351 e. The maximum Gasteiger partial charge on any atom is 0.226 e. The van der Waals surface area contributed by atoms with Gasteiger partial charge in [0.25, 0.3) is 0 Å². The number of hydrogen-bond acceptors (Lipinski definition) is 4. The number of nitrogens with zero attached hydrogens (tertiary/aromatic N) is 4. The van der Waals surface area contributed by atoms with Gasteiger partial charge in [0.1, 0.15) is 5.82 Å². The van der Waals surface area contributed by atoms with E-state index in [4.69, 9.17) is 23.8 Å². The van der Waals surface area contributed by atoms with Crippen LogP contribution in [0, 0.1) is 26.7 Å². The SMILES string of the molecule is Cc1ccc(-n2c(C)cc([C@H]3[C@@H](c4ccccn4)NC(=S)N3c3ccc(NC(=O)C(C)C)c(Cl)c3)c2C)nc1. The summed E-state index contributed by atoms with van der Waals surface area (Å²) in [4.78, 5) is 23.7. The van der Waals surface area contributed by atoms with Crippen molar-refractivity contribution < 1.29 is 4.79 Å². The van der Waals surface area contributed by atoms with Crippen LogP contribution in [-0.4, -0.2) is 25.6 Å². The zero-order valence-corrected chi connectivity index (χ0v) is 24.1. The molecule has 1 aliphatic heterocycles. The molecule has 1 amide bonds. The molecule has 0 aliphatic carbocycles. The molecule has 4 heterocycles. The van der Waals surface area contributed by atoms with E-state index in [1.807, 2.05) is 69.4 Å². The normalized spacial score (nSPS) is 17.0. The number of halogens is 1. The number of aryl methyl sites for hydroxylation is 2. The molecule has 7 nitrogen and oxygen atoms in total. The van der Waals surface area contributed by atoms with E-state index < -0.39 is 0 Å². The predicted octanol–water partition coefficient (Wildman–Crippen LogP) is 6.62. The highest BCUT2D eigenvalue weighted by Gasteiger charge is 2.42. The third-order valence-electron chi connectivity index (χ3n) is 7.02. The first kappa shape index (κ1) is 26.8. The van der Waals surface area contributed by atoms with E-state index in [1.165, 1.54) is 0 Å². The first-order valence-corrected chi connectivity index (χ1v) is 13.7. The number of anilines is 2. The monoisotopic (exact) mass is 558 g/mol. The smallest absolute Gasteiger partial charge is 0.226 e. The minimum atomic E-state index is -0.204. The van der Waals surface area contributed by atoms with Gasteiger partial charge in [-0.25, -0.2) is 4.98 Å². The zero-order chi connectivity index (χ0) is 27.8. The summed E-state index contributed by atoms with van der Waals surface area (Å²) >= 11 is 12.6. The van der Waals surface area contributed by atoms with Crippen molar-refractivity contribution in [3.63, 3.8) is 0 Å². The molecule has 0 unspecified atom stereocenters. The molecule has 2 N–H and O–H groups in total. The standard InChI is InChI=1S/C30H31ClN6OS/c1-17(2)29(38)34-24-11-10-21(15-23(24)31)37-28(27(35-30(37)39)25-8-6-7-13-32-25)22-14-19(4)36(20(22)5)26-12-9-18(3)16-33-26/h6-17,27-28H,1-5H3,(H,34,38)(H,35,39)/t27-,28+/m1/s1. The van der Waals surface area contributed by atoms with E-state index in [9.17, 15) is 4.79 Å². The summed E-state index contributed by atoms with van der Waals surface area (Å²) in [6.07, 6.45) is 3.67. The lowest BCUT2D eigenvalue weighted by molar-refractivity contribution is -0.118. The van der Waals surface area contributed by atoms with Crippen LogP contribution in [-0.2, 0) is 4.79 Å². The Morgan fingerprint density at radius 2 is 1.87 bits per heavy atom. The molecule has 9 heteroatoms. The van der Waals surface area contributed by atoms with E-state index in [0.29, 0.717) is 15.8 Å². The van der Waals surface area contributed by atoms with Gasteiger partial charge < -0.3 is 20.1 Å². The number of carbonyl (C=O) groups excluding carboxylic acids is 1. The van der Waals surface area contributed by atoms with E-state index in [-0.39, 0.29) is 23.9 Å². The van der Waals surface area contributed by atoms with Crippen molar-refractivity contribution in [2.24, 2.45) is 5.92 Å². The molecule has 3 aromatic heterocycles. The van der Waals surface area contributed by atoms with Crippen molar-refractivity contribution in [2.45, 2.75) is 46.7 Å². The molecule has 1 saturated heterocycles. The van der Waals surface area contributed by atoms with Gasteiger partial charge in [-0.1, -0.05) is 37.6 Å². The molecular weight excluding hydrogens is 528 g/mol. The average Bonchev–Trinajstić information content (AvgIpc) is 3.41. The van der Waals surface area contributed by atoms with Gasteiger partial charge >= 0.3 is 0 Å². The maximum atomic E-state index is 12.3. The second-order valence-corrected chi connectivity index (χ2v) is 11.0. The minimum absolute atomic E-state index is 0.0896. The van der Waals surface area contributed by atoms with Gasteiger partial charge in [0, 0.05) is 35.4 Å². The lowest BCUT2D eigenvalue weighted by atomic mass is 9.96. The Kier molecular flexibility index (Phi) is 7.42. The number of benzene rings is 1. The average molecular weight is 559 g/mol. The van der Waals surface area contributed by atoms with Crippen LogP contribution in [0.4, 0.5) is 11.4 Å². The van der Waals surface area contributed by atoms with Crippen molar-refractivity contribution >= 4 is 46.2 Å². The Hall–Kier alpha value is -3.75. The molecule has 0 radical (unpaired) electrons. The highest BCUT2D eigenvalue weighted by atomic mass is 35.5. The van der Waals surface area contributed by atoms with Gasteiger partial charge in [0.15, 0.2) is 5.11 Å². The quantitative estimate of drug-likeness (QED) is 0.259. The minimum Gasteiger partial charge on any atom is -0.351 e. The molecule has 200 valence electrons. The Morgan fingerprint density at radius 3 is 2.51 bits per heavy atom. The van der Waals surface area contributed by atoms with E-state index in [1.54, 1.807) is 6.20 Å². The summed E-state index contributed by atoms with van der Waals surface area (Å²) in [5.74, 6) is 0.621. The van der Waals surface area contributed by atoms with Gasteiger partial charge in [-0.3, -0.25) is 9.78 Å². The first-order valence-electron chi connectivity index (χ1n) is 12.9. The first-order chi connectivity index (χ1) is 18.7. The lowest BCUT2D eigenvalue weighted by Crippen LogP contribution is -2.29. The van der Waals surface area contributed by atoms with Gasteiger partial charge in [-0.2, -0.15) is 0 Å². The van der Waals surface area contributed by atoms with Crippen LogP contribution >= 0.6 is 23.8 Å². The highest BCUT2D eigenvalue weighted by Crippen LogP contribution is 2.44. The third-order valence-corrected chi connectivity index (χ3v) is 7.65. The van der Waals surface area contributed by atoms with E-state index in [0.717, 1.165) is 39.7 Å². The summed E-state index contributed by atoms with van der Waals surface area (Å²) in [6, 6.07) is 17.4. The Morgan fingerprint density at radius 1 is 1.08 bits per heavy atom. The van der Waals surface area contributed by atoms with Crippen molar-refractivity contribution in [3.05, 3.63) is 100 Å². The van der Waals surface area contributed by atoms with Crippen molar-refractivity contribution in [2.75, 3.05) is 10.2 Å². The lowest BCUT2D eigenvalue weighted by Gasteiger charge is -2.28. The molecule has 0 spiro atoms. The number of nitrogens with one attached hydrogen (secondary N) is 2. The molecule has 0 bridgehead atoms. The molecular formula is C30H31ClN6OS. The second kappa shape index (κ2) is 10.8. The maximum absolute atomic E-state index is 12.3. The zero-order valence-electron chi connectivity index (χ0n) is 22.6. The van der Waals surface area contributed by atoms with Crippen LogP contribution in [0.2, 0.25) is 5.02 Å². The number of hydrogen-bond donors (Lipinski definition) is 2. The number of rotatable bonds is 6. The van der Waals surface area contributed by atoms with Crippen molar-refractivity contribution in [1.82, 2.24) is 19.9 Å². The molecule has 5 rings (SSSR count). The number of pyridine rings is 2. The summed E-state index contributed by atoms with van der Waals surface area (Å²) in [6.45, 7) is 9.91. The van der Waals surface area contributed by atoms with Gasteiger partial charge in [0.05, 0.1) is 28.5 Å². The Balaban J connectivity index is 1.61. The molecule has 2 atom stereocenters. The summed E-state index contributed by atoms with van der Waals surface area (Å²) in [5.41, 5.74) is 6.63. The fourth-order valence-electron chi connectivity index (χ4n) is 5.01. The third kappa shape index (κ3) is 5.14. The molecule has 1 aromatic carbocycles. The van der Waals surface area contributed by atoms with Crippen LogP contribution < -0.4 is 15.5 Å². The van der Waals surface area contributed by atoms with Crippen molar-refractivity contribution in [3.8, 4) is 5.82 Å². The number of aromatic nitrogens is 3. The molecule has 1 fully saturated rings. The van der Waals surface area contributed by atoms with Crippen LogP contribution in [0.5, 0.6) is 0 Å². The molecule has 0 saturated carbocycles.